The Balaban J connectivity index is 1.05. The average Bonchev–Trinajstić information content (AvgIpc) is 3.58. The van der Waals surface area contributed by atoms with E-state index in [0.29, 0.717) is 5.82 Å². The molecule has 2 aromatic heterocycles. The largest absolute Gasteiger partial charge is 0.246 e. The molecule has 0 aliphatic rings. The van der Waals surface area contributed by atoms with E-state index in [-0.39, 0.29) is 0 Å². The van der Waals surface area contributed by atoms with Gasteiger partial charge in [-0.2, -0.15) is 0 Å². The highest BCUT2D eigenvalue weighted by molar-refractivity contribution is 6.05. The first-order valence-electron chi connectivity index (χ1n) is 26.5. The maximum atomic E-state index is 5.68. The van der Waals surface area contributed by atoms with E-state index in [4.69, 9.17) is 15.0 Å². The van der Waals surface area contributed by atoms with Gasteiger partial charge in [0.1, 0.15) is 0 Å². The molecular formula is C75H51N3. The molecule has 0 saturated carbocycles. The van der Waals surface area contributed by atoms with Gasteiger partial charge in [0.15, 0.2) is 5.82 Å². The topological polar surface area (TPSA) is 38.7 Å². The summed E-state index contributed by atoms with van der Waals surface area (Å²) in [5.74, 6) is 0.628. The van der Waals surface area contributed by atoms with Crippen molar-refractivity contribution in [3.63, 3.8) is 0 Å². The number of aromatic nitrogens is 3. The maximum Gasteiger partial charge on any atom is 0.160 e. The fourth-order valence-corrected chi connectivity index (χ4v) is 10.7. The second-order valence-electron chi connectivity index (χ2n) is 19.5. The molecule has 0 aliphatic carbocycles. The first-order valence-corrected chi connectivity index (χ1v) is 26.5. The lowest BCUT2D eigenvalue weighted by molar-refractivity contribution is 1.18. The summed E-state index contributed by atoms with van der Waals surface area (Å²) in [7, 11) is 0. The van der Waals surface area contributed by atoms with E-state index in [1.807, 2.05) is 0 Å². The van der Waals surface area contributed by atoms with Crippen LogP contribution in [0, 0.1) is 0 Å². The molecule has 13 rings (SSSR count). The molecular weight excluding hydrogens is 943 g/mol. The summed E-state index contributed by atoms with van der Waals surface area (Å²) in [6.07, 6.45) is 0. The van der Waals surface area contributed by atoms with Crippen molar-refractivity contribution in [2.24, 2.45) is 0 Å². The van der Waals surface area contributed by atoms with E-state index < -0.39 is 0 Å². The minimum Gasteiger partial charge on any atom is -0.246 e. The summed E-state index contributed by atoms with van der Waals surface area (Å²) in [5.41, 5.74) is 23.9. The Labute approximate surface area is 456 Å². The molecule has 0 amide bonds. The Morgan fingerprint density at radius 1 is 0.154 bits per heavy atom. The van der Waals surface area contributed by atoms with Gasteiger partial charge in [0.05, 0.1) is 22.8 Å². The van der Waals surface area contributed by atoms with Crippen LogP contribution >= 0.6 is 0 Å². The van der Waals surface area contributed by atoms with Gasteiger partial charge in [-0.05, 0) is 104 Å². The van der Waals surface area contributed by atoms with Crippen LogP contribution in [0.3, 0.4) is 0 Å². The second-order valence-corrected chi connectivity index (χ2v) is 19.5. The molecule has 0 unspecified atom stereocenters. The van der Waals surface area contributed by atoms with Crippen LogP contribution in [0.25, 0.3) is 134 Å². The molecule has 13 aromatic rings. The quantitative estimate of drug-likeness (QED) is 0.122. The fraction of sp³-hybridized carbons (Fsp3) is 0. The number of hydrogen-bond donors (Lipinski definition) is 0. The monoisotopic (exact) mass is 993 g/mol. The van der Waals surface area contributed by atoms with E-state index in [1.165, 1.54) is 0 Å². The molecule has 0 saturated heterocycles. The van der Waals surface area contributed by atoms with E-state index in [2.05, 4.69) is 309 Å². The zero-order valence-electron chi connectivity index (χ0n) is 42.8. The molecule has 0 radical (unpaired) electrons. The van der Waals surface area contributed by atoms with Crippen molar-refractivity contribution in [2.45, 2.75) is 0 Å². The van der Waals surface area contributed by atoms with Gasteiger partial charge in [0.25, 0.3) is 0 Å². The fourth-order valence-electron chi connectivity index (χ4n) is 10.7. The Kier molecular flexibility index (Phi) is 13.0. The van der Waals surface area contributed by atoms with Crippen molar-refractivity contribution in [2.75, 3.05) is 0 Å². The first-order chi connectivity index (χ1) is 38.7. The minimum atomic E-state index is 0.628. The molecule has 0 spiro atoms. The number of rotatable bonds is 12. The van der Waals surface area contributed by atoms with Gasteiger partial charge in [0.2, 0.25) is 0 Å². The molecule has 0 atom stereocenters. The smallest absolute Gasteiger partial charge is 0.160 e. The summed E-state index contributed by atoms with van der Waals surface area (Å²) >= 11 is 0. The molecule has 11 aromatic carbocycles. The number of hydrogen-bond acceptors (Lipinski definition) is 3. The minimum absolute atomic E-state index is 0.628. The summed E-state index contributed by atoms with van der Waals surface area (Å²) in [6.45, 7) is 0. The van der Waals surface area contributed by atoms with Gasteiger partial charge >= 0.3 is 0 Å². The molecule has 0 N–H and O–H groups in total. The normalized spacial score (nSPS) is 11.1. The highest BCUT2D eigenvalue weighted by Crippen LogP contribution is 2.49. The average molecular weight is 994 g/mol. The third-order valence-electron chi connectivity index (χ3n) is 14.5. The van der Waals surface area contributed by atoms with Gasteiger partial charge in [0, 0.05) is 44.5 Å². The van der Waals surface area contributed by atoms with Crippen LogP contribution in [0.2, 0.25) is 0 Å². The summed E-state index contributed by atoms with van der Waals surface area (Å²) in [5, 5.41) is 0. The Bertz CT molecular complexity index is 3810. The third kappa shape index (κ3) is 9.76. The van der Waals surface area contributed by atoms with Crippen LogP contribution in [0.15, 0.2) is 309 Å². The van der Waals surface area contributed by atoms with Crippen LogP contribution in [-0.2, 0) is 0 Å². The van der Waals surface area contributed by atoms with E-state index >= 15 is 0 Å². The zero-order valence-corrected chi connectivity index (χ0v) is 42.8. The third-order valence-corrected chi connectivity index (χ3v) is 14.5. The lowest BCUT2D eigenvalue weighted by Crippen LogP contribution is -2.01. The first kappa shape index (κ1) is 47.4. The molecule has 366 valence electrons. The van der Waals surface area contributed by atoms with Crippen molar-refractivity contribution in [3.05, 3.63) is 309 Å². The van der Waals surface area contributed by atoms with Crippen LogP contribution in [0.1, 0.15) is 0 Å². The molecule has 0 fully saturated rings. The van der Waals surface area contributed by atoms with Crippen molar-refractivity contribution < 1.29 is 0 Å². The van der Waals surface area contributed by atoms with E-state index in [0.717, 1.165) is 128 Å². The number of pyridine rings is 1. The van der Waals surface area contributed by atoms with Crippen molar-refractivity contribution in [1.29, 1.82) is 0 Å². The highest BCUT2D eigenvalue weighted by atomic mass is 14.9. The Hall–Kier alpha value is -10.4. The number of nitrogens with zero attached hydrogens (tertiary/aromatic N) is 3. The SMILES string of the molecule is c1ccc(-c2cc(-c3ccccc3)cc(-c3cc(-c4cc(-c5ccccc5)cc(-c5ccccc5)c4)nc(-c4ccc(-c5c(-c6ccccc6)c(-c6ccccc6)nc(-c6ccccc6)c5-c5ccccc5)cc4)n3)c2)cc1. The van der Waals surface area contributed by atoms with Crippen LogP contribution in [-0.4, -0.2) is 15.0 Å². The molecule has 0 bridgehead atoms. The zero-order chi connectivity index (χ0) is 52.0. The van der Waals surface area contributed by atoms with Crippen molar-refractivity contribution in [3.8, 4) is 134 Å². The lowest BCUT2D eigenvalue weighted by atomic mass is 9.83. The lowest BCUT2D eigenvalue weighted by Gasteiger charge is -2.23. The van der Waals surface area contributed by atoms with Gasteiger partial charge in [-0.15, -0.1) is 0 Å². The van der Waals surface area contributed by atoms with Gasteiger partial charge in [-0.25, -0.2) is 15.0 Å². The van der Waals surface area contributed by atoms with E-state index in [1.54, 1.807) is 0 Å². The van der Waals surface area contributed by atoms with Gasteiger partial charge in [-0.1, -0.05) is 267 Å². The van der Waals surface area contributed by atoms with E-state index in [9.17, 15) is 0 Å². The molecule has 2 heterocycles. The maximum absolute atomic E-state index is 5.68. The summed E-state index contributed by atoms with van der Waals surface area (Å²) in [4.78, 5) is 16.8. The Morgan fingerprint density at radius 3 is 0.705 bits per heavy atom. The standard InChI is InChI=1S/C75H51N3/c1-9-25-52(26-10-1)62-45-63(53-27-11-2-12-28-53)48-66(47-62)68-51-69(67-49-64(54-29-13-3-14-30-54)46-65(50-67)55-31-15-4-16-32-55)77-75(76-68)61-43-41-58(42-44-61)70-71(56-33-17-5-18-34-56)73(59-37-21-7-22-38-59)78-74(60-39-23-8-24-40-60)72(70)57-35-19-6-20-36-57/h1-51H. The van der Waals surface area contributed by atoms with Crippen LogP contribution in [0.4, 0.5) is 0 Å². The highest BCUT2D eigenvalue weighted by Gasteiger charge is 2.26. The molecule has 3 heteroatoms. The Morgan fingerprint density at radius 2 is 0.397 bits per heavy atom. The predicted molar refractivity (Wildman–Crippen MR) is 325 cm³/mol. The van der Waals surface area contributed by atoms with Crippen molar-refractivity contribution in [1.82, 2.24) is 15.0 Å². The molecule has 3 nitrogen and oxygen atoms in total. The van der Waals surface area contributed by atoms with Gasteiger partial charge < -0.3 is 0 Å². The predicted octanol–water partition coefficient (Wildman–Crippen LogP) is 19.9. The van der Waals surface area contributed by atoms with Crippen LogP contribution in [0.5, 0.6) is 0 Å². The summed E-state index contributed by atoms with van der Waals surface area (Å²) in [6, 6.07) is 110. The number of benzene rings is 11. The van der Waals surface area contributed by atoms with Gasteiger partial charge in [-0.3, -0.25) is 0 Å². The van der Waals surface area contributed by atoms with Crippen LogP contribution < -0.4 is 0 Å². The molecule has 78 heavy (non-hydrogen) atoms. The van der Waals surface area contributed by atoms with Crippen molar-refractivity contribution >= 4 is 0 Å². The summed E-state index contributed by atoms with van der Waals surface area (Å²) < 4.78 is 0. The molecule has 0 aliphatic heterocycles. The second kappa shape index (κ2) is 21.5.